The second-order valence-corrected chi connectivity index (χ2v) is 4.62. The highest BCUT2D eigenvalue weighted by molar-refractivity contribution is 5.76. The molecule has 22 heavy (non-hydrogen) atoms. The molecule has 6 N–H and O–H groups in total. The largest absolute Gasteiger partial charge is 0.504 e. The molecule has 0 radical (unpaired) electrons. The summed E-state index contributed by atoms with van der Waals surface area (Å²) in [5.74, 6) is -1.80. The predicted octanol–water partition coefficient (Wildman–Crippen LogP) is -0.250. The number of ether oxygens (including phenoxy) is 2. The molecule has 0 aliphatic rings. The van der Waals surface area contributed by atoms with Gasteiger partial charge >= 0.3 is 11.9 Å². The number of carbonyl (C=O) groups is 2. The molecule has 122 valence electrons. The topological polar surface area (TPSA) is 145 Å². The molecule has 1 aromatic rings. The van der Waals surface area contributed by atoms with Gasteiger partial charge in [-0.15, -0.1) is 0 Å². The number of phenolic OH excluding ortho intramolecular Hbond substituents is 2. The van der Waals surface area contributed by atoms with E-state index in [1.165, 1.54) is 18.2 Å². The summed E-state index contributed by atoms with van der Waals surface area (Å²) < 4.78 is 9.41. The van der Waals surface area contributed by atoms with Crippen molar-refractivity contribution in [3.05, 3.63) is 23.8 Å². The van der Waals surface area contributed by atoms with E-state index in [9.17, 15) is 19.8 Å². The molecule has 0 saturated carbocycles. The number of phenols is 2. The first-order valence-corrected chi connectivity index (χ1v) is 6.72. The van der Waals surface area contributed by atoms with Crippen LogP contribution in [0.25, 0.3) is 0 Å². The molecule has 1 aromatic carbocycles. The number of hydrogen-bond donors (Lipinski definition) is 4. The summed E-state index contributed by atoms with van der Waals surface area (Å²) in [5.41, 5.74) is 11.5. The van der Waals surface area contributed by atoms with Crippen molar-refractivity contribution in [1.82, 2.24) is 0 Å². The van der Waals surface area contributed by atoms with Gasteiger partial charge in [-0.2, -0.15) is 0 Å². The van der Waals surface area contributed by atoms with Crippen LogP contribution in [0.4, 0.5) is 0 Å². The summed E-state index contributed by atoms with van der Waals surface area (Å²) in [6, 6.07) is 3.14. The Balaban J connectivity index is 2.35. The van der Waals surface area contributed by atoms with Crippen LogP contribution in [-0.4, -0.2) is 41.5 Å². The highest BCUT2D eigenvalue weighted by Crippen LogP contribution is 2.25. The SMILES string of the molecule is NCCCC(=O)OCOC(=O)[C@@H](N)Cc1ccc(O)c(O)c1. The van der Waals surface area contributed by atoms with Gasteiger partial charge in [-0.1, -0.05) is 6.07 Å². The second kappa shape index (κ2) is 8.85. The fraction of sp³-hybridized carbons (Fsp3) is 0.429. The normalized spacial score (nSPS) is 11.7. The van der Waals surface area contributed by atoms with Gasteiger partial charge in [0.25, 0.3) is 0 Å². The lowest BCUT2D eigenvalue weighted by Gasteiger charge is -2.12. The van der Waals surface area contributed by atoms with Crippen LogP contribution in [0.1, 0.15) is 18.4 Å². The van der Waals surface area contributed by atoms with Crippen molar-refractivity contribution < 1.29 is 29.3 Å². The molecule has 0 saturated heterocycles. The van der Waals surface area contributed by atoms with E-state index in [0.717, 1.165) is 0 Å². The standard InChI is InChI=1S/C14H20N2O6/c15-5-1-2-13(19)21-8-22-14(20)10(16)6-9-3-4-11(17)12(18)7-9/h3-4,7,10,17-18H,1-2,5-6,8,15-16H2/t10-/m0/s1. The van der Waals surface area contributed by atoms with Crippen LogP contribution in [0.3, 0.4) is 0 Å². The first kappa shape index (κ1) is 17.7. The lowest BCUT2D eigenvalue weighted by molar-refractivity contribution is -0.168. The highest BCUT2D eigenvalue weighted by Gasteiger charge is 2.17. The van der Waals surface area contributed by atoms with Crippen molar-refractivity contribution in [2.75, 3.05) is 13.3 Å². The first-order chi connectivity index (χ1) is 10.4. The third-order valence-electron chi connectivity index (χ3n) is 2.80. The van der Waals surface area contributed by atoms with Crippen molar-refractivity contribution in [2.24, 2.45) is 11.5 Å². The summed E-state index contributed by atoms with van der Waals surface area (Å²) >= 11 is 0. The average Bonchev–Trinajstić information content (AvgIpc) is 2.48. The zero-order chi connectivity index (χ0) is 16.5. The number of rotatable bonds is 8. The van der Waals surface area contributed by atoms with Gasteiger partial charge in [-0.3, -0.25) is 9.59 Å². The predicted molar refractivity (Wildman–Crippen MR) is 76.8 cm³/mol. The lowest BCUT2D eigenvalue weighted by Crippen LogP contribution is -2.35. The van der Waals surface area contributed by atoms with Crippen molar-refractivity contribution in [3.8, 4) is 11.5 Å². The molecular weight excluding hydrogens is 292 g/mol. The number of esters is 2. The van der Waals surface area contributed by atoms with Crippen molar-refractivity contribution >= 4 is 11.9 Å². The van der Waals surface area contributed by atoms with E-state index < -0.39 is 24.8 Å². The molecule has 1 rings (SSSR count). The maximum atomic E-state index is 11.6. The van der Waals surface area contributed by atoms with Crippen molar-refractivity contribution in [3.63, 3.8) is 0 Å². The summed E-state index contributed by atoms with van der Waals surface area (Å²) in [7, 11) is 0. The Bertz CT molecular complexity index is 520. The molecule has 1 atom stereocenters. The summed E-state index contributed by atoms with van der Waals surface area (Å²) in [4.78, 5) is 22.8. The molecule has 0 aromatic heterocycles. The fourth-order valence-corrected chi connectivity index (χ4v) is 1.61. The summed E-state index contributed by atoms with van der Waals surface area (Å²) in [5, 5.41) is 18.5. The maximum Gasteiger partial charge on any atom is 0.326 e. The van der Waals surface area contributed by atoms with Gasteiger partial charge in [0.1, 0.15) is 6.04 Å². The Labute approximate surface area is 127 Å². The minimum atomic E-state index is -0.980. The van der Waals surface area contributed by atoms with E-state index >= 15 is 0 Å². The molecular formula is C14H20N2O6. The molecule has 0 amide bonds. The molecule has 0 aliphatic heterocycles. The van der Waals surface area contributed by atoms with Crippen molar-refractivity contribution in [1.29, 1.82) is 0 Å². The van der Waals surface area contributed by atoms with Crippen LogP contribution in [0.5, 0.6) is 11.5 Å². The van der Waals surface area contributed by atoms with E-state index in [1.807, 2.05) is 0 Å². The van der Waals surface area contributed by atoms with Gasteiger partial charge < -0.3 is 31.2 Å². The van der Waals surface area contributed by atoms with Crippen LogP contribution >= 0.6 is 0 Å². The quantitative estimate of drug-likeness (QED) is 0.292. The number of hydrogen-bond acceptors (Lipinski definition) is 8. The van der Waals surface area contributed by atoms with Gasteiger partial charge in [0.05, 0.1) is 0 Å². The number of carbonyl (C=O) groups excluding carboxylic acids is 2. The van der Waals surface area contributed by atoms with Gasteiger partial charge in [-0.05, 0) is 37.1 Å². The lowest BCUT2D eigenvalue weighted by atomic mass is 10.1. The Morgan fingerprint density at radius 2 is 1.91 bits per heavy atom. The monoisotopic (exact) mass is 312 g/mol. The van der Waals surface area contributed by atoms with E-state index in [1.54, 1.807) is 0 Å². The Hall–Kier alpha value is -2.32. The Morgan fingerprint density at radius 1 is 1.18 bits per heavy atom. The molecule has 8 heteroatoms. The third kappa shape index (κ3) is 5.98. The molecule has 0 fully saturated rings. The zero-order valence-electron chi connectivity index (χ0n) is 12.0. The molecule has 0 heterocycles. The smallest absolute Gasteiger partial charge is 0.326 e. The van der Waals surface area contributed by atoms with Gasteiger partial charge in [-0.25, -0.2) is 0 Å². The minimum absolute atomic E-state index is 0.105. The van der Waals surface area contributed by atoms with Crippen LogP contribution in [-0.2, 0) is 25.5 Å². The average molecular weight is 312 g/mol. The Kier molecular flexibility index (Phi) is 7.14. The maximum absolute atomic E-state index is 11.6. The highest BCUT2D eigenvalue weighted by atomic mass is 16.7. The Morgan fingerprint density at radius 3 is 2.55 bits per heavy atom. The summed E-state index contributed by atoms with van der Waals surface area (Å²) in [6.45, 7) is -0.129. The third-order valence-corrected chi connectivity index (χ3v) is 2.80. The molecule has 0 bridgehead atoms. The number of nitrogens with two attached hydrogens (primary N) is 2. The van der Waals surface area contributed by atoms with E-state index in [0.29, 0.717) is 18.5 Å². The summed E-state index contributed by atoms with van der Waals surface area (Å²) in [6.07, 6.45) is 0.761. The molecule has 0 spiro atoms. The molecule has 0 unspecified atom stereocenters. The van der Waals surface area contributed by atoms with Gasteiger partial charge in [0, 0.05) is 6.42 Å². The van der Waals surface area contributed by atoms with E-state index in [-0.39, 0.29) is 24.3 Å². The first-order valence-electron chi connectivity index (χ1n) is 6.72. The fourth-order valence-electron chi connectivity index (χ4n) is 1.61. The van der Waals surface area contributed by atoms with Crippen LogP contribution in [0.2, 0.25) is 0 Å². The number of benzene rings is 1. The minimum Gasteiger partial charge on any atom is -0.504 e. The van der Waals surface area contributed by atoms with Gasteiger partial charge in [0.15, 0.2) is 11.5 Å². The van der Waals surface area contributed by atoms with Gasteiger partial charge in [0.2, 0.25) is 6.79 Å². The second-order valence-electron chi connectivity index (χ2n) is 4.62. The molecule has 8 nitrogen and oxygen atoms in total. The van der Waals surface area contributed by atoms with Crippen LogP contribution in [0, 0.1) is 0 Å². The number of aromatic hydroxyl groups is 2. The van der Waals surface area contributed by atoms with Crippen LogP contribution in [0.15, 0.2) is 18.2 Å². The van der Waals surface area contributed by atoms with E-state index in [2.05, 4.69) is 4.74 Å². The van der Waals surface area contributed by atoms with E-state index in [4.69, 9.17) is 16.2 Å². The molecule has 0 aliphatic carbocycles. The van der Waals surface area contributed by atoms with Crippen molar-refractivity contribution in [2.45, 2.75) is 25.3 Å². The zero-order valence-corrected chi connectivity index (χ0v) is 12.0. The van der Waals surface area contributed by atoms with Crippen LogP contribution < -0.4 is 11.5 Å².